The second-order valence-corrected chi connectivity index (χ2v) is 119. The Bertz CT molecular complexity index is 429. The lowest BCUT2D eigenvalue weighted by molar-refractivity contribution is 0.592. The lowest BCUT2D eigenvalue weighted by Crippen LogP contribution is -3.19. The maximum absolute atomic E-state index is 14.2. The van der Waals surface area contributed by atoms with E-state index in [2.05, 4.69) is 58.9 Å². The molecule has 0 aromatic carbocycles. The number of hydrogen-bond acceptors (Lipinski definition) is 0. The van der Waals surface area contributed by atoms with Gasteiger partial charge in [-0.05, 0) is 0 Å². The van der Waals surface area contributed by atoms with Crippen molar-refractivity contribution < 1.29 is 4.39 Å². The van der Waals surface area contributed by atoms with Crippen LogP contribution in [0.15, 0.2) is 0 Å². The van der Waals surface area contributed by atoms with Crippen molar-refractivity contribution in [2.24, 2.45) is 0 Å². The summed E-state index contributed by atoms with van der Waals surface area (Å²) >= 11 is 0. The van der Waals surface area contributed by atoms with Gasteiger partial charge in [0.2, 0.25) is 0 Å². The zero-order valence-electron chi connectivity index (χ0n) is 15.2. The van der Waals surface area contributed by atoms with Crippen LogP contribution in [0.2, 0.25) is 58.9 Å². The molecule has 0 aromatic rings. The molecule has 2 aliphatic rings. The summed E-state index contributed by atoms with van der Waals surface area (Å²) in [6.45, 7) is 22.1. The Morgan fingerprint density at radius 1 is 1.25 bits per heavy atom. The number of fused-ring (bicyclic) bond motifs is 1. The van der Waals surface area contributed by atoms with Crippen molar-refractivity contribution in [3.05, 3.63) is 0 Å². The van der Waals surface area contributed by atoms with Gasteiger partial charge in [-0.25, -0.2) is 0 Å². The third kappa shape index (κ3) is 1.68. The summed E-state index contributed by atoms with van der Waals surface area (Å²) in [5, 5.41) is 0. The van der Waals surface area contributed by atoms with E-state index in [1.54, 1.807) is 0 Å². The Kier molecular flexibility index (Phi) is 4.50. The van der Waals surface area contributed by atoms with E-state index < -0.39 is 49.8 Å². The third-order valence-corrected chi connectivity index (χ3v) is 279. The molecule has 5 atom stereocenters. The highest BCUT2D eigenvalue weighted by atomic mass is 30.6. The zero-order chi connectivity index (χ0) is 15.8. The second kappa shape index (κ2) is 4.94. The molecule has 0 nitrogen and oxygen atoms in total. The van der Waals surface area contributed by atoms with Crippen molar-refractivity contribution in [2.75, 3.05) is 6.30 Å². The first kappa shape index (κ1) is 18.2. The van der Waals surface area contributed by atoms with Crippen LogP contribution in [0.1, 0.15) is 0 Å². The molecule has 2 saturated heterocycles. The van der Waals surface area contributed by atoms with Crippen molar-refractivity contribution >= 4 is 67.4 Å². The number of halogens is 1. The molecule has 20 heavy (non-hydrogen) atoms. The fourth-order valence-electron chi connectivity index (χ4n) is 6.53. The summed E-state index contributed by atoms with van der Waals surface area (Å²) < 4.78 is 14.2. The van der Waals surface area contributed by atoms with Gasteiger partial charge in [0.1, 0.15) is 0 Å². The largest absolute Gasteiger partial charge is 0.256 e. The van der Waals surface area contributed by atoms with Crippen LogP contribution < -0.4 is 0 Å². The number of hydrogen-bond donors (Lipinski definition) is 0. The van der Waals surface area contributed by atoms with Gasteiger partial charge in [-0.15, -0.1) is 0 Å². The molecule has 0 saturated carbocycles. The van der Waals surface area contributed by atoms with Crippen LogP contribution in [0.3, 0.4) is 0 Å². The van der Waals surface area contributed by atoms with Crippen molar-refractivity contribution in [1.82, 2.24) is 0 Å². The summed E-state index contributed by atoms with van der Waals surface area (Å²) in [6, 6.07) is 0. The average Bonchev–Trinajstić information content (AvgIpc) is 2.40. The highest BCUT2D eigenvalue weighted by Gasteiger charge is 2.89. The Labute approximate surface area is 136 Å². The predicted molar refractivity (Wildman–Crippen MR) is 119 cm³/mol. The molecule has 118 valence electrons. The highest BCUT2D eigenvalue weighted by Crippen LogP contribution is 2.57. The molecular formula is C10H35FSi9. The fraction of sp³-hybridized carbons (Fsp3) is 1.00. The maximum Gasteiger partial charge on any atom is 0.0714 e. The van der Waals surface area contributed by atoms with Crippen molar-refractivity contribution in [2.45, 2.75) is 58.9 Å². The number of alkyl halides is 1. The van der Waals surface area contributed by atoms with Gasteiger partial charge >= 0.3 is 0 Å². The lowest BCUT2D eigenvalue weighted by atomic mass is 11.8. The lowest BCUT2D eigenvalue weighted by Gasteiger charge is -2.84. The van der Waals surface area contributed by atoms with E-state index in [0.29, 0.717) is 6.30 Å². The van der Waals surface area contributed by atoms with Gasteiger partial charge in [0.25, 0.3) is 0 Å². The van der Waals surface area contributed by atoms with E-state index in [1.807, 2.05) is 0 Å². The van der Waals surface area contributed by atoms with Crippen LogP contribution in [0.4, 0.5) is 4.39 Å². The topological polar surface area (TPSA) is 0 Å². The van der Waals surface area contributed by atoms with Gasteiger partial charge in [-0.3, -0.25) is 4.39 Å². The second-order valence-electron chi connectivity index (χ2n) is 9.52. The molecule has 10 heteroatoms. The van der Waals surface area contributed by atoms with Crippen LogP contribution in [0.25, 0.3) is 0 Å². The van der Waals surface area contributed by atoms with E-state index in [1.165, 1.54) is 0 Å². The SMILES string of the molecule is C[SiH2][Si](C)(C)[SiH](C)[Si]1(C)[SiH2][Si]2(CF)[SiH](C)[Si](C)(C)[Si]12C. The van der Waals surface area contributed by atoms with Gasteiger partial charge < -0.3 is 0 Å². The highest BCUT2D eigenvalue weighted by molar-refractivity contribution is 8.43. The smallest absolute Gasteiger partial charge is 0.0714 e. The Hall–Kier alpha value is 1.88. The minimum Gasteiger partial charge on any atom is -0.256 e. The Morgan fingerprint density at radius 3 is 2.15 bits per heavy atom. The van der Waals surface area contributed by atoms with Gasteiger partial charge in [0, 0.05) is 60.7 Å². The molecule has 2 aliphatic heterocycles. The Balaban J connectivity index is 2.43. The summed E-state index contributed by atoms with van der Waals surface area (Å²) in [4.78, 5) is 0. The summed E-state index contributed by atoms with van der Waals surface area (Å²) in [6.07, 6.45) is 0.307. The molecule has 0 aromatic heterocycles. The van der Waals surface area contributed by atoms with E-state index >= 15 is 0 Å². The van der Waals surface area contributed by atoms with Crippen molar-refractivity contribution in [3.63, 3.8) is 0 Å². The average molecular weight is 427 g/mol. The molecule has 2 heterocycles. The molecule has 0 amide bonds. The van der Waals surface area contributed by atoms with E-state index in [4.69, 9.17) is 0 Å². The van der Waals surface area contributed by atoms with Crippen molar-refractivity contribution in [1.29, 1.82) is 0 Å². The van der Waals surface area contributed by atoms with Crippen molar-refractivity contribution in [3.8, 4) is 0 Å². The molecule has 2 rings (SSSR count). The molecule has 0 spiro atoms. The van der Waals surface area contributed by atoms with E-state index in [-0.39, 0.29) is 17.6 Å². The molecular weight excluding hydrogens is 392 g/mol. The molecule has 0 N–H and O–H groups in total. The van der Waals surface area contributed by atoms with Crippen LogP contribution in [0.5, 0.6) is 0 Å². The summed E-state index contributed by atoms with van der Waals surface area (Å²) in [7, 11) is -2.17. The first-order chi connectivity index (χ1) is 8.89. The quantitative estimate of drug-likeness (QED) is 0.580. The third-order valence-electron chi connectivity index (χ3n) is 9.30. The van der Waals surface area contributed by atoms with Gasteiger partial charge in [-0.1, -0.05) is 58.9 Å². The van der Waals surface area contributed by atoms with Crippen LogP contribution in [0, 0.1) is 0 Å². The number of rotatable bonds is 4. The van der Waals surface area contributed by atoms with E-state index in [0.717, 1.165) is 0 Å². The molecule has 0 radical (unpaired) electrons. The van der Waals surface area contributed by atoms with Crippen LogP contribution in [-0.2, 0) is 0 Å². The van der Waals surface area contributed by atoms with Crippen LogP contribution in [-0.4, -0.2) is 73.7 Å². The molecule has 2 fully saturated rings. The first-order valence-electron chi connectivity index (χ1n) is 8.45. The van der Waals surface area contributed by atoms with Gasteiger partial charge in [-0.2, -0.15) is 0 Å². The zero-order valence-corrected chi connectivity index (χ0v) is 25.3. The maximum atomic E-state index is 14.2. The van der Waals surface area contributed by atoms with Gasteiger partial charge in [0.15, 0.2) is 0 Å². The Morgan fingerprint density at radius 2 is 1.75 bits per heavy atom. The predicted octanol–water partition coefficient (Wildman–Crippen LogP) is 0.683. The summed E-state index contributed by atoms with van der Waals surface area (Å²) in [5.74, 6) is 0. The van der Waals surface area contributed by atoms with Gasteiger partial charge in [0.05, 0.1) is 12.9 Å². The minimum absolute atomic E-state index is 0.149. The summed E-state index contributed by atoms with van der Waals surface area (Å²) in [5.41, 5.74) is 0. The molecule has 0 bridgehead atoms. The monoisotopic (exact) mass is 426 g/mol. The first-order valence-corrected chi connectivity index (χ1v) is 42.6. The standard InChI is InChI=1S/C10H35FSi9/c1-12-16(4,5)14(2)18(8)13-20(10-11)15(3)17(6,7)19(18,20)9/h14-15H,10,12-13H2,1-9H3. The van der Waals surface area contributed by atoms with E-state index in [9.17, 15) is 4.39 Å². The normalized spacial score (nSPS) is 49.8. The fourth-order valence-corrected chi connectivity index (χ4v) is 570. The minimum atomic E-state index is -1.10. The molecule has 0 aliphatic carbocycles. The molecule has 5 unspecified atom stereocenters. The van der Waals surface area contributed by atoms with Crippen LogP contribution >= 0.6 is 0 Å².